The van der Waals surface area contributed by atoms with Crippen molar-refractivity contribution in [1.29, 1.82) is 0 Å². The standard InChI is InChI=1S/C12H17NO5S/c1-3-17-7-8-18-12(14)10-5-4-6-11(9-10)19(15,16)13-2/h4-6,9,13H,3,7-8H2,1-2H3. The second-order valence-corrected chi connectivity index (χ2v) is 5.45. The van der Waals surface area contributed by atoms with Gasteiger partial charge in [-0.05, 0) is 32.2 Å². The van der Waals surface area contributed by atoms with Crippen LogP contribution in [0.25, 0.3) is 0 Å². The molecule has 1 N–H and O–H groups in total. The fourth-order valence-electron chi connectivity index (χ4n) is 1.33. The first kappa shape index (κ1) is 15.6. The van der Waals surface area contributed by atoms with Crippen molar-refractivity contribution >= 4 is 16.0 Å². The summed E-state index contributed by atoms with van der Waals surface area (Å²) in [5.74, 6) is -0.576. The molecule has 1 rings (SSSR count). The molecule has 7 heteroatoms. The average molecular weight is 287 g/mol. The molecule has 0 aliphatic heterocycles. The molecule has 106 valence electrons. The summed E-state index contributed by atoms with van der Waals surface area (Å²) in [6.45, 7) is 2.84. The van der Waals surface area contributed by atoms with Gasteiger partial charge >= 0.3 is 5.97 Å². The van der Waals surface area contributed by atoms with E-state index < -0.39 is 16.0 Å². The average Bonchev–Trinajstić information content (AvgIpc) is 2.43. The summed E-state index contributed by atoms with van der Waals surface area (Å²) < 4.78 is 35.4. The van der Waals surface area contributed by atoms with Crippen LogP contribution >= 0.6 is 0 Å². The maximum absolute atomic E-state index is 11.7. The third kappa shape index (κ3) is 4.62. The van der Waals surface area contributed by atoms with Crippen molar-refractivity contribution < 1.29 is 22.7 Å². The van der Waals surface area contributed by atoms with E-state index in [9.17, 15) is 13.2 Å². The minimum absolute atomic E-state index is 0.0225. The number of nitrogens with one attached hydrogen (secondary N) is 1. The third-order valence-corrected chi connectivity index (χ3v) is 3.73. The number of hydrogen-bond acceptors (Lipinski definition) is 5. The summed E-state index contributed by atoms with van der Waals surface area (Å²) in [6.07, 6.45) is 0. The molecule has 0 amide bonds. The lowest BCUT2D eigenvalue weighted by Crippen LogP contribution is -2.19. The van der Waals surface area contributed by atoms with Gasteiger partial charge in [-0.15, -0.1) is 0 Å². The first-order valence-corrected chi connectivity index (χ1v) is 7.28. The number of sulfonamides is 1. The zero-order valence-corrected chi connectivity index (χ0v) is 11.7. The van der Waals surface area contributed by atoms with E-state index in [0.717, 1.165) is 0 Å². The quantitative estimate of drug-likeness (QED) is 0.592. The molecule has 0 saturated heterocycles. The van der Waals surface area contributed by atoms with Gasteiger partial charge in [-0.25, -0.2) is 17.9 Å². The van der Waals surface area contributed by atoms with Crippen LogP contribution in [0.2, 0.25) is 0 Å². The number of benzene rings is 1. The van der Waals surface area contributed by atoms with Crippen molar-refractivity contribution in [3.8, 4) is 0 Å². The molecule has 0 atom stereocenters. The molecule has 0 aliphatic carbocycles. The number of esters is 1. The van der Waals surface area contributed by atoms with Crippen molar-refractivity contribution in [3.05, 3.63) is 29.8 Å². The van der Waals surface area contributed by atoms with E-state index in [1.807, 2.05) is 6.92 Å². The van der Waals surface area contributed by atoms with Crippen molar-refractivity contribution in [1.82, 2.24) is 4.72 Å². The Hall–Kier alpha value is -1.44. The van der Waals surface area contributed by atoms with Gasteiger partial charge in [0.1, 0.15) is 6.61 Å². The second kappa shape index (κ2) is 7.22. The molecule has 0 bridgehead atoms. The Kier molecular flexibility index (Phi) is 5.94. The molecule has 0 spiro atoms. The van der Waals surface area contributed by atoms with Gasteiger partial charge < -0.3 is 9.47 Å². The Balaban J connectivity index is 2.74. The van der Waals surface area contributed by atoms with E-state index in [4.69, 9.17) is 9.47 Å². The molecule has 6 nitrogen and oxygen atoms in total. The first-order valence-electron chi connectivity index (χ1n) is 5.79. The zero-order chi connectivity index (χ0) is 14.3. The van der Waals surface area contributed by atoms with E-state index in [-0.39, 0.29) is 17.1 Å². The van der Waals surface area contributed by atoms with Crippen LogP contribution in [0.5, 0.6) is 0 Å². The third-order valence-electron chi connectivity index (χ3n) is 2.31. The number of carbonyl (C=O) groups excluding carboxylic acids is 1. The predicted octanol–water partition coefficient (Wildman–Crippen LogP) is 0.788. The molecular formula is C12H17NO5S. The van der Waals surface area contributed by atoms with E-state index in [1.54, 1.807) is 0 Å². The summed E-state index contributed by atoms with van der Waals surface area (Å²) in [7, 11) is -2.26. The van der Waals surface area contributed by atoms with Crippen LogP contribution in [0, 0.1) is 0 Å². The summed E-state index contributed by atoms with van der Waals surface area (Å²) in [4.78, 5) is 11.7. The zero-order valence-electron chi connectivity index (χ0n) is 10.9. The highest BCUT2D eigenvalue weighted by Gasteiger charge is 2.14. The van der Waals surface area contributed by atoms with E-state index in [0.29, 0.717) is 13.2 Å². The van der Waals surface area contributed by atoms with Gasteiger partial charge in [0.2, 0.25) is 10.0 Å². The lowest BCUT2D eigenvalue weighted by molar-refractivity contribution is 0.0335. The van der Waals surface area contributed by atoms with Crippen LogP contribution in [0.15, 0.2) is 29.2 Å². The van der Waals surface area contributed by atoms with E-state index >= 15 is 0 Å². The molecule has 0 radical (unpaired) electrons. The number of carbonyl (C=O) groups is 1. The minimum atomic E-state index is -3.57. The van der Waals surface area contributed by atoms with Crippen molar-refractivity contribution in [2.75, 3.05) is 26.9 Å². The molecule has 0 saturated carbocycles. The highest BCUT2D eigenvalue weighted by atomic mass is 32.2. The van der Waals surface area contributed by atoms with E-state index in [1.165, 1.54) is 31.3 Å². The van der Waals surface area contributed by atoms with Crippen LogP contribution in [0.3, 0.4) is 0 Å². The molecule has 1 aromatic rings. The molecule has 1 aromatic carbocycles. The normalized spacial score (nSPS) is 11.3. The van der Waals surface area contributed by atoms with E-state index in [2.05, 4.69) is 4.72 Å². The number of ether oxygens (including phenoxy) is 2. The van der Waals surface area contributed by atoms with Gasteiger partial charge in [0.25, 0.3) is 0 Å². The van der Waals surface area contributed by atoms with Gasteiger partial charge in [0.05, 0.1) is 17.1 Å². The first-order chi connectivity index (χ1) is 9.01. The van der Waals surface area contributed by atoms with Gasteiger partial charge in [-0.2, -0.15) is 0 Å². The fourth-order valence-corrected chi connectivity index (χ4v) is 2.10. The van der Waals surface area contributed by atoms with Gasteiger partial charge in [-0.3, -0.25) is 0 Å². The molecule has 0 aromatic heterocycles. The van der Waals surface area contributed by atoms with Gasteiger partial charge in [0.15, 0.2) is 0 Å². The Labute approximate surface area is 112 Å². The highest BCUT2D eigenvalue weighted by Crippen LogP contribution is 2.12. The number of rotatable bonds is 7. The number of hydrogen-bond donors (Lipinski definition) is 1. The molecule has 0 aliphatic rings. The lowest BCUT2D eigenvalue weighted by atomic mass is 10.2. The molecular weight excluding hydrogens is 270 g/mol. The second-order valence-electron chi connectivity index (χ2n) is 3.57. The molecule has 0 unspecified atom stereocenters. The highest BCUT2D eigenvalue weighted by molar-refractivity contribution is 7.89. The summed E-state index contributed by atoms with van der Waals surface area (Å²) in [6, 6.07) is 5.67. The minimum Gasteiger partial charge on any atom is -0.460 e. The summed E-state index contributed by atoms with van der Waals surface area (Å²) in [5, 5.41) is 0. The van der Waals surface area contributed by atoms with Crippen molar-refractivity contribution in [2.45, 2.75) is 11.8 Å². The Morgan fingerprint density at radius 3 is 2.68 bits per heavy atom. The SMILES string of the molecule is CCOCCOC(=O)c1cccc(S(=O)(=O)NC)c1. The molecule has 0 heterocycles. The van der Waals surface area contributed by atoms with Crippen LogP contribution in [0.1, 0.15) is 17.3 Å². The largest absolute Gasteiger partial charge is 0.460 e. The van der Waals surface area contributed by atoms with Crippen LogP contribution in [0.4, 0.5) is 0 Å². The van der Waals surface area contributed by atoms with Crippen molar-refractivity contribution in [3.63, 3.8) is 0 Å². The Bertz CT molecular complexity index is 527. The smallest absolute Gasteiger partial charge is 0.338 e. The lowest BCUT2D eigenvalue weighted by Gasteiger charge is -2.07. The van der Waals surface area contributed by atoms with Crippen molar-refractivity contribution in [2.24, 2.45) is 0 Å². The van der Waals surface area contributed by atoms with Crippen LogP contribution in [-0.2, 0) is 19.5 Å². The monoisotopic (exact) mass is 287 g/mol. The van der Waals surface area contributed by atoms with Crippen LogP contribution < -0.4 is 4.72 Å². The van der Waals surface area contributed by atoms with Gasteiger partial charge in [0, 0.05) is 6.61 Å². The fraction of sp³-hybridized carbons (Fsp3) is 0.417. The molecule has 0 fully saturated rings. The van der Waals surface area contributed by atoms with Crippen LogP contribution in [-0.4, -0.2) is 41.3 Å². The topological polar surface area (TPSA) is 81.7 Å². The maximum Gasteiger partial charge on any atom is 0.338 e. The Morgan fingerprint density at radius 2 is 2.05 bits per heavy atom. The summed E-state index contributed by atoms with van der Waals surface area (Å²) >= 11 is 0. The Morgan fingerprint density at radius 1 is 1.32 bits per heavy atom. The molecule has 19 heavy (non-hydrogen) atoms. The summed E-state index contributed by atoms with van der Waals surface area (Å²) in [5.41, 5.74) is 0.188. The van der Waals surface area contributed by atoms with Gasteiger partial charge in [-0.1, -0.05) is 6.07 Å². The predicted molar refractivity (Wildman–Crippen MR) is 69.5 cm³/mol. The maximum atomic E-state index is 11.7.